The minimum atomic E-state index is -0.279. The van der Waals surface area contributed by atoms with E-state index in [9.17, 15) is 9.59 Å². The summed E-state index contributed by atoms with van der Waals surface area (Å²) in [5, 5.41) is 10.5. The topological polar surface area (TPSA) is 104 Å². The smallest absolute Gasteiger partial charge is 0.272 e. The lowest BCUT2D eigenvalue weighted by molar-refractivity contribution is -0.130. The summed E-state index contributed by atoms with van der Waals surface area (Å²) in [7, 11) is 0. The fourth-order valence-corrected chi connectivity index (χ4v) is 4.05. The summed E-state index contributed by atoms with van der Waals surface area (Å²) in [4.78, 5) is 27.0. The Kier molecular flexibility index (Phi) is 5.57. The molecule has 0 radical (unpaired) electrons. The number of fused-ring (bicyclic) bond motifs is 1. The molecule has 1 aliphatic rings. The van der Waals surface area contributed by atoms with E-state index in [1.54, 1.807) is 0 Å². The first-order valence-corrected chi connectivity index (χ1v) is 9.91. The highest BCUT2D eigenvalue weighted by Gasteiger charge is 2.34. The Bertz CT molecular complexity index is 1000. The molecule has 4 N–H and O–H groups in total. The van der Waals surface area contributed by atoms with Gasteiger partial charge in [-0.05, 0) is 24.1 Å². The van der Waals surface area contributed by atoms with Gasteiger partial charge in [0.2, 0.25) is 5.91 Å². The van der Waals surface area contributed by atoms with Crippen molar-refractivity contribution in [1.29, 1.82) is 0 Å². The maximum atomic E-state index is 12.7. The van der Waals surface area contributed by atoms with E-state index in [1.165, 1.54) is 5.56 Å². The lowest BCUT2D eigenvalue weighted by Crippen LogP contribution is -2.34. The normalized spacial score (nSPS) is 18.9. The Hall–Kier alpha value is -3.19. The highest BCUT2D eigenvalue weighted by atomic mass is 16.2. The van der Waals surface area contributed by atoms with E-state index >= 15 is 0 Å². The van der Waals surface area contributed by atoms with Crippen molar-refractivity contribution in [2.45, 2.75) is 12.3 Å². The molecule has 1 fully saturated rings. The molecule has 0 aliphatic carbocycles. The van der Waals surface area contributed by atoms with Gasteiger partial charge in [-0.3, -0.25) is 14.7 Å². The molecule has 2 amide bonds. The number of aromatic amines is 1. The van der Waals surface area contributed by atoms with Crippen LogP contribution in [-0.4, -0.2) is 53.1 Å². The predicted molar refractivity (Wildman–Crippen MR) is 111 cm³/mol. The molecule has 2 atom stereocenters. The van der Waals surface area contributed by atoms with Gasteiger partial charge in [-0.1, -0.05) is 48.5 Å². The van der Waals surface area contributed by atoms with Crippen LogP contribution in [0.1, 0.15) is 28.4 Å². The van der Waals surface area contributed by atoms with Crippen LogP contribution in [0.2, 0.25) is 0 Å². The number of nitrogens with two attached hydrogens (primary N) is 1. The standard InChI is InChI=1S/C22H25N5O2/c23-12-16-13-27(14-18(16)15-6-2-1-3-7-15)20(28)10-11-24-22(29)21-17-8-4-5-9-19(17)25-26-21/h1-9,16,18H,10-14,23H2,(H,24,29)(H,25,26)/t16-,18+/m1/s1. The predicted octanol–water partition coefficient (Wildman–Crippen LogP) is 1.88. The number of nitrogens with one attached hydrogen (secondary N) is 2. The summed E-state index contributed by atoms with van der Waals surface area (Å²) < 4.78 is 0. The number of H-pyrrole nitrogens is 1. The molecule has 3 aromatic rings. The van der Waals surface area contributed by atoms with Crippen molar-refractivity contribution in [3.8, 4) is 0 Å². The summed E-state index contributed by atoms with van der Waals surface area (Å²) in [6.07, 6.45) is 0.257. The Morgan fingerprint density at radius 3 is 2.66 bits per heavy atom. The summed E-state index contributed by atoms with van der Waals surface area (Å²) >= 11 is 0. The molecule has 7 nitrogen and oxygen atoms in total. The van der Waals surface area contributed by atoms with Gasteiger partial charge in [0.05, 0.1) is 5.52 Å². The summed E-state index contributed by atoms with van der Waals surface area (Å²) in [5.74, 6) is 0.272. The molecule has 4 rings (SSSR count). The number of aromatic nitrogens is 2. The van der Waals surface area contributed by atoms with Crippen molar-refractivity contribution in [2.75, 3.05) is 26.2 Å². The van der Waals surface area contributed by atoms with Crippen molar-refractivity contribution in [3.05, 3.63) is 65.9 Å². The minimum absolute atomic E-state index is 0.0362. The van der Waals surface area contributed by atoms with Crippen molar-refractivity contribution in [3.63, 3.8) is 0 Å². The first kappa shape index (κ1) is 19.1. The highest BCUT2D eigenvalue weighted by molar-refractivity contribution is 6.04. The number of carbonyl (C=O) groups excluding carboxylic acids is 2. The zero-order valence-electron chi connectivity index (χ0n) is 16.2. The second-order valence-electron chi connectivity index (χ2n) is 7.44. The SMILES string of the molecule is NC[C@@H]1CN(C(=O)CCNC(=O)c2n[nH]c3ccccc23)C[C@H]1c1ccccc1. The summed E-state index contributed by atoms with van der Waals surface area (Å²) in [5.41, 5.74) is 8.34. The van der Waals surface area contributed by atoms with Crippen molar-refractivity contribution in [2.24, 2.45) is 11.7 Å². The van der Waals surface area contributed by atoms with E-state index in [2.05, 4.69) is 27.6 Å². The van der Waals surface area contributed by atoms with E-state index in [4.69, 9.17) is 5.73 Å². The van der Waals surface area contributed by atoms with E-state index in [-0.39, 0.29) is 36.6 Å². The molecule has 0 bridgehead atoms. The molecule has 0 unspecified atom stereocenters. The van der Waals surface area contributed by atoms with Crippen LogP contribution in [0, 0.1) is 5.92 Å². The van der Waals surface area contributed by atoms with Gasteiger partial charge in [0.15, 0.2) is 5.69 Å². The van der Waals surface area contributed by atoms with E-state index in [1.807, 2.05) is 47.4 Å². The fraction of sp³-hybridized carbons (Fsp3) is 0.318. The second-order valence-corrected chi connectivity index (χ2v) is 7.44. The summed E-state index contributed by atoms with van der Waals surface area (Å²) in [6, 6.07) is 17.7. The van der Waals surface area contributed by atoms with Gasteiger partial charge < -0.3 is 16.0 Å². The molecule has 150 valence electrons. The first-order valence-electron chi connectivity index (χ1n) is 9.91. The van der Waals surface area contributed by atoms with Gasteiger partial charge in [0, 0.05) is 37.4 Å². The first-order chi connectivity index (χ1) is 14.2. The summed E-state index contributed by atoms with van der Waals surface area (Å²) in [6.45, 7) is 2.15. The number of likely N-dealkylation sites (tertiary alicyclic amines) is 1. The molecule has 2 heterocycles. The number of amides is 2. The third-order valence-electron chi connectivity index (χ3n) is 5.63. The monoisotopic (exact) mass is 391 g/mol. The van der Waals surface area contributed by atoms with Gasteiger partial charge in [-0.15, -0.1) is 0 Å². The van der Waals surface area contributed by atoms with Crippen molar-refractivity contribution >= 4 is 22.7 Å². The molecule has 0 spiro atoms. The molecule has 1 aromatic heterocycles. The average molecular weight is 391 g/mol. The van der Waals surface area contributed by atoms with Gasteiger partial charge in [0.25, 0.3) is 5.91 Å². The molecular weight excluding hydrogens is 366 g/mol. The van der Waals surface area contributed by atoms with Crippen molar-refractivity contribution in [1.82, 2.24) is 20.4 Å². The molecular formula is C22H25N5O2. The second kappa shape index (κ2) is 8.45. The third-order valence-corrected chi connectivity index (χ3v) is 5.63. The maximum Gasteiger partial charge on any atom is 0.272 e. The van der Waals surface area contributed by atoms with Crippen LogP contribution < -0.4 is 11.1 Å². The van der Waals surface area contributed by atoms with Crippen LogP contribution in [0.4, 0.5) is 0 Å². The zero-order valence-corrected chi connectivity index (χ0v) is 16.2. The van der Waals surface area contributed by atoms with Crippen LogP contribution in [0.5, 0.6) is 0 Å². The van der Waals surface area contributed by atoms with Crippen molar-refractivity contribution < 1.29 is 9.59 Å². The zero-order chi connectivity index (χ0) is 20.2. The number of carbonyl (C=O) groups is 2. The minimum Gasteiger partial charge on any atom is -0.350 e. The number of hydrogen-bond acceptors (Lipinski definition) is 4. The van der Waals surface area contributed by atoms with Crippen LogP contribution in [-0.2, 0) is 4.79 Å². The Morgan fingerprint density at radius 2 is 1.86 bits per heavy atom. The van der Waals surface area contributed by atoms with Gasteiger partial charge >= 0.3 is 0 Å². The molecule has 2 aromatic carbocycles. The van der Waals surface area contributed by atoms with E-state index in [0.29, 0.717) is 25.3 Å². The Balaban J connectivity index is 1.32. The highest BCUT2D eigenvalue weighted by Crippen LogP contribution is 2.32. The van der Waals surface area contributed by atoms with Gasteiger partial charge in [-0.25, -0.2) is 0 Å². The van der Waals surface area contributed by atoms with Crippen LogP contribution in [0.15, 0.2) is 54.6 Å². The lowest BCUT2D eigenvalue weighted by atomic mass is 9.89. The van der Waals surface area contributed by atoms with Crippen LogP contribution in [0.3, 0.4) is 0 Å². The maximum absolute atomic E-state index is 12.7. The molecule has 29 heavy (non-hydrogen) atoms. The van der Waals surface area contributed by atoms with E-state index < -0.39 is 0 Å². The Morgan fingerprint density at radius 1 is 1.10 bits per heavy atom. The Labute approximate surface area is 169 Å². The largest absolute Gasteiger partial charge is 0.350 e. The number of rotatable bonds is 6. The van der Waals surface area contributed by atoms with Gasteiger partial charge in [-0.2, -0.15) is 5.10 Å². The number of nitrogens with zero attached hydrogens (tertiary/aromatic N) is 2. The quantitative estimate of drug-likeness (QED) is 0.597. The third kappa shape index (κ3) is 4.00. The van der Waals surface area contributed by atoms with Gasteiger partial charge in [0.1, 0.15) is 0 Å². The lowest BCUT2D eigenvalue weighted by Gasteiger charge is -2.17. The molecule has 7 heteroatoms. The van der Waals surface area contributed by atoms with Crippen LogP contribution >= 0.6 is 0 Å². The average Bonchev–Trinajstić information content (AvgIpc) is 3.39. The molecule has 1 saturated heterocycles. The molecule has 1 aliphatic heterocycles. The molecule has 0 saturated carbocycles. The van der Waals surface area contributed by atoms with E-state index in [0.717, 1.165) is 10.9 Å². The number of benzene rings is 2. The number of hydrogen-bond donors (Lipinski definition) is 3. The fourth-order valence-electron chi connectivity index (χ4n) is 4.05. The van der Waals surface area contributed by atoms with Crippen LogP contribution in [0.25, 0.3) is 10.9 Å². The number of para-hydroxylation sites is 1.